The van der Waals surface area contributed by atoms with Crippen molar-refractivity contribution in [2.75, 3.05) is 0 Å². The van der Waals surface area contributed by atoms with Crippen LogP contribution < -0.4 is 0 Å². The molecular formula is C16H22. The largest absolute Gasteiger partial charge is 0.130 e. The van der Waals surface area contributed by atoms with Gasteiger partial charge in [-0.05, 0) is 43.2 Å². The van der Waals surface area contributed by atoms with E-state index >= 15 is 0 Å². The van der Waals surface area contributed by atoms with Crippen LogP contribution in [0, 0.1) is 0 Å². The molecule has 0 saturated carbocycles. The van der Waals surface area contributed by atoms with Crippen molar-refractivity contribution in [3.63, 3.8) is 0 Å². The van der Waals surface area contributed by atoms with E-state index in [1.54, 1.807) is 0 Å². The first-order valence-electron chi connectivity index (χ1n) is 6.28. The van der Waals surface area contributed by atoms with Gasteiger partial charge in [-0.3, -0.25) is 0 Å². The molecule has 0 unspecified atom stereocenters. The van der Waals surface area contributed by atoms with Gasteiger partial charge in [-0.1, -0.05) is 50.3 Å². The minimum Gasteiger partial charge on any atom is -0.130 e. The molecule has 0 aliphatic heterocycles. The van der Waals surface area contributed by atoms with Crippen molar-refractivity contribution in [2.45, 2.75) is 45.4 Å². The van der Waals surface area contributed by atoms with E-state index in [1.165, 1.54) is 36.8 Å². The Kier molecular flexibility index (Phi) is 6.37. The van der Waals surface area contributed by atoms with Crippen LogP contribution in [-0.2, 0) is 6.42 Å². The van der Waals surface area contributed by atoms with Crippen LogP contribution in [0.1, 0.15) is 44.6 Å². The van der Waals surface area contributed by atoms with Gasteiger partial charge in [-0.15, -0.1) is 5.73 Å². The monoisotopic (exact) mass is 214 g/mol. The third-order valence-electron chi connectivity index (χ3n) is 2.87. The fraction of sp³-hybridized carbons (Fsp3) is 0.438. The Balaban J connectivity index is 2.26. The van der Waals surface area contributed by atoms with Crippen LogP contribution in [-0.4, -0.2) is 0 Å². The summed E-state index contributed by atoms with van der Waals surface area (Å²) in [6.45, 7) is 6.00. The van der Waals surface area contributed by atoms with Crippen LogP contribution in [0.25, 0.3) is 0 Å². The first-order chi connectivity index (χ1) is 7.86. The molecule has 0 aliphatic carbocycles. The van der Waals surface area contributed by atoms with E-state index in [9.17, 15) is 0 Å². The zero-order chi connectivity index (χ0) is 11.6. The number of hydrogen-bond donors (Lipinski definition) is 0. The average molecular weight is 214 g/mol. The van der Waals surface area contributed by atoms with Gasteiger partial charge in [0.25, 0.3) is 0 Å². The van der Waals surface area contributed by atoms with Crippen molar-refractivity contribution in [2.24, 2.45) is 0 Å². The molecule has 0 spiro atoms. The Hall–Kier alpha value is -1.26. The molecule has 0 saturated heterocycles. The molecule has 0 bridgehead atoms. The van der Waals surface area contributed by atoms with E-state index in [0.29, 0.717) is 0 Å². The van der Waals surface area contributed by atoms with E-state index in [-0.39, 0.29) is 0 Å². The smallest absolute Gasteiger partial charge is 0.0241 e. The number of aryl methyl sites for hydroxylation is 1. The zero-order valence-electron chi connectivity index (χ0n) is 10.3. The maximum Gasteiger partial charge on any atom is -0.0241 e. The minimum absolute atomic E-state index is 1.15. The van der Waals surface area contributed by atoms with Crippen molar-refractivity contribution in [3.8, 4) is 0 Å². The molecular weight excluding hydrogens is 192 g/mol. The molecule has 0 fully saturated rings. The number of hydrogen-bond acceptors (Lipinski definition) is 0. The van der Waals surface area contributed by atoms with Crippen molar-refractivity contribution in [1.29, 1.82) is 0 Å². The van der Waals surface area contributed by atoms with Crippen LogP contribution in [0.2, 0.25) is 0 Å². The van der Waals surface area contributed by atoms with Gasteiger partial charge >= 0.3 is 0 Å². The van der Waals surface area contributed by atoms with E-state index in [4.69, 9.17) is 0 Å². The molecule has 0 atom stereocenters. The van der Waals surface area contributed by atoms with Crippen molar-refractivity contribution in [1.82, 2.24) is 0 Å². The molecule has 1 rings (SSSR count). The molecule has 16 heavy (non-hydrogen) atoms. The van der Waals surface area contributed by atoms with Crippen LogP contribution in [0.4, 0.5) is 0 Å². The van der Waals surface area contributed by atoms with Crippen LogP contribution in [0.5, 0.6) is 0 Å². The predicted molar refractivity (Wildman–Crippen MR) is 71.6 cm³/mol. The lowest BCUT2D eigenvalue weighted by Gasteiger charge is -2.04. The lowest BCUT2D eigenvalue weighted by molar-refractivity contribution is 0.723. The van der Waals surface area contributed by atoms with Crippen molar-refractivity contribution >= 4 is 0 Å². The number of rotatable bonds is 7. The zero-order valence-corrected chi connectivity index (χ0v) is 10.3. The molecule has 0 amide bonds. The summed E-state index contributed by atoms with van der Waals surface area (Å²) in [7, 11) is 0. The van der Waals surface area contributed by atoms with Gasteiger partial charge in [0.2, 0.25) is 0 Å². The topological polar surface area (TPSA) is 0 Å². The summed E-state index contributed by atoms with van der Waals surface area (Å²) in [4.78, 5) is 0. The highest BCUT2D eigenvalue weighted by atomic mass is 14.0. The average Bonchev–Trinajstić information content (AvgIpc) is 2.35. The molecule has 1 aromatic carbocycles. The fourth-order valence-corrected chi connectivity index (χ4v) is 1.84. The standard InChI is InChI=1S/C16H22/c1-3-5-10-15(4-2)13-9-14-16-11-7-6-8-12-16/h6-8,11-12H,2-3,5,9-10,13-14H2,1H3. The first kappa shape index (κ1) is 12.8. The number of benzene rings is 1. The van der Waals surface area contributed by atoms with Gasteiger partial charge in [-0.2, -0.15) is 0 Å². The Morgan fingerprint density at radius 1 is 1.12 bits per heavy atom. The predicted octanol–water partition coefficient (Wildman–Crippen LogP) is 4.91. The second-order valence-electron chi connectivity index (χ2n) is 4.22. The Morgan fingerprint density at radius 2 is 1.81 bits per heavy atom. The molecule has 1 aromatic rings. The summed E-state index contributed by atoms with van der Waals surface area (Å²) in [6.07, 6.45) is 7.23. The summed E-state index contributed by atoms with van der Waals surface area (Å²) in [5.74, 6) is 0. The molecule has 86 valence electrons. The van der Waals surface area contributed by atoms with Gasteiger partial charge in [0.15, 0.2) is 0 Å². The van der Waals surface area contributed by atoms with Crippen LogP contribution in [0.15, 0.2) is 48.2 Å². The van der Waals surface area contributed by atoms with E-state index < -0.39 is 0 Å². The highest BCUT2D eigenvalue weighted by Crippen LogP contribution is 2.14. The lowest BCUT2D eigenvalue weighted by atomic mass is 10.0. The van der Waals surface area contributed by atoms with Gasteiger partial charge in [0, 0.05) is 0 Å². The van der Waals surface area contributed by atoms with Gasteiger partial charge in [0.1, 0.15) is 0 Å². The van der Waals surface area contributed by atoms with Crippen LogP contribution in [0.3, 0.4) is 0 Å². The molecule has 0 aromatic heterocycles. The third kappa shape index (κ3) is 5.00. The maximum absolute atomic E-state index is 3.78. The van der Waals surface area contributed by atoms with Gasteiger partial charge in [0.05, 0.1) is 0 Å². The molecule has 0 N–H and O–H groups in total. The van der Waals surface area contributed by atoms with Crippen LogP contribution >= 0.6 is 0 Å². The van der Waals surface area contributed by atoms with E-state index in [0.717, 1.165) is 12.8 Å². The maximum atomic E-state index is 3.78. The van der Waals surface area contributed by atoms with E-state index in [2.05, 4.69) is 49.6 Å². The summed E-state index contributed by atoms with van der Waals surface area (Å²) < 4.78 is 0. The summed E-state index contributed by atoms with van der Waals surface area (Å²) >= 11 is 0. The summed E-state index contributed by atoms with van der Waals surface area (Å²) in [6, 6.07) is 10.7. The lowest BCUT2D eigenvalue weighted by Crippen LogP contribution is -1.88. The van der Waals surface area contributed by atoms with E-state index in [1.807, 2.05) is 0 Å². The van der Waals surface area contributed by atoms with Gasteiger partial charge in [-0.25, -0.2) is 0 Å². The highest BCUT2D eigenvalue weighted by molar-refractivity contribution is 5.15. The van der Waals surface area contributed by atoms with Crippen molar-refractivity contribution < 1.29 is 0 Å². The Labute approximate surface area is 99.7 Å². The second kappa shape index (κ2) is 7.96. The normalized spacial score (nSPS) is 9.81. The molecule has 0 heterocycles. The third-order valence-corrected chi connectivity index (χ3v) is 2.87. The molecule has 0 nitrogen and oxygen atoms in total. The Bertz CT molecular complexity index is 328. The fourth-order valence-electron chi connectivity index (χ4n) is 1.84. The quantitative estimate of drug-likeness (QED) is 0.566. The number of allylic oxidation sites excluding steroid dienone is 1. The molecule has 0 radical (unpaired) electrons. The van der Waals surface area contributed by atoms with Crippen molar-refractivity contribution in [3.05, 3.63) is 53.8 Å². The first-order valence-corrected chi connectivity index (χ1v) is 6.28. The second-order valence-corrected chi connectivity index (χ2v) is 4.22. The molecule has 0 aliphatic rings. The Morgan fingerprint density at radius 3 is 2.44 bits per heavy atom. The summed E-state index contributed by atoms with van der Waals surface area (Å²) in [5, 5.41) is 0. The molecule has 0 heteroatoms. The highest BCUT2D eigenvalue weighted by Gasteiger charge is 1.97. The van der Waals surface area contributed by atoms with Gasteiger partial charge < -0.3 is 0 Å². The summed E-state index contributed by atoms with van der Waals surface area (Å²) in [5.41, 5.74) is 5.92. The number of unbranched alkanes of at least 4 members (excludes halogenated alkanes) is 1. The minimum atomic E-state index is 1.15. The SMILES string of the molecule is C=C=C(CCCC)CCCc1ccccc1.